The van der Waals surface area contributed by atoms with Gasteiger partial charge in [0.05, 0.1) is 19.4 Å². The predicted molar refractivity (Wildman–Crippen MR) is 95.2 cm³/mol. The zero-order valence-corrected chi connectivity index (χ0v) is 16.1. The van der Waals surface area contributed by atoms with E-state index in [4.69, 9.17) is 18.5 Å². The lowest BCUT2D eigenvalue weighted by molar-refractivity contribution is -0.142. The van der Waals surface area contributed by atoms with Gasteiger partial charge in [-0.25, -0.2) is 9.59 Å². The topological polar surface area (TPSA) is 120 Å². The third kappa shape index (κ3) is 6.04. The van der Waals surface area contributed by atoms with Gasteiger partial charge in [-0.2, -0.15) is 0 Å². The number of cyclic esters (lactones) is 1. The Morgan fingerprint density at radius 1 is 1.22 bits per heavy atom. The van der Waals surface area contributed by atoms with Gasteiger partial charge in [-0.15, -0.1) is 0 Å². The van der Waals surface area contributed by atoms with Gasteiger partial charge in [-0.05, 0) is 19.4 Å². The first-order valence-electron chi connectivity index (χ1n) is 8.62. The van der Waals surface area contributed by atoms with Crippen molar-refractivity contribution >= 4 is 19.7 Å². The molecule has 1 aromatic rings. The maximum Gasteiger partial charge on any atom is 0.408 e. The van der Waals surface area contributed by atoms with Crippen LogP contribution in [-0.4, -0.2) is 54.8 Å². The van der Waals surface area contributed by atoms with Crippen LogP contribution in [0.5, 0.6) is 0 Å². The van der Waals surface area contributed by atoms with Crippen molar-refractivity contribution in [2.45, 2.75) is 38.7 Å². The molecule has 1 aliphatic rings. The van der Waals surface area contributed by atoms with Crippen LogP contribution in [0.15, 0.2) is 30.3 Å². The number of hydrogen-bond donors (Lipinski definition) is 2. The number of esters is 1. The number of rotatable bonds is 9. The Morgan fingerprint density at radius 2 is 1.85 bits per heavy atom. The van der Waals surface area contributed by atoms with E-state index in [0.29, 0.717) is 0 Å². The fourth-order valence-electron chi connectivity index (χ4n) is 2.58. The molecule has 1 aromatic carbocycles. The molecule has 1 amide bonds. The van der Waals surface area contributed by atoms with Crippen molar-refractivity contribution in [3.8, 4) is 0 Å². The third-order valence-corrected chi connectivity index (χ3v) is 5.90. The van der Waals surface area contributed by atoms with Crippen LogP contribution in [0.2, 0.25) is 0 Å². The minimum absolute atomic E-state index is 0.0118. The van der Waals surface area contributed by atoms with Gasteiger partial charge < -0.3 is 28.9 Å². The second-order valence-corrected chi connectivity index (χ2v) is 7.88. The Kier molecular flexibility index (Phi) is 7.79. The second-order valence-electron chi connectivity index (χ2n) is 5.78. The van der Waals surface area contributed by atoms with Gasteiger partial charge in [0.2, 0.25) is 0 Å². The normalized spacial score (nSPS) is 22.3. The highest BCUT2D eigenvalue weighted by Crippen LogP contribution is 2.49. The van der Waals surface area contributed by atoms with Crippen LogP contribution in [0.3, 0.4) is 0 Å². The number of benzene rings is 1. The van der Waals surface area contributed by atoms with Crippen LogP contribution in [0.4, 0.5) is 4.79 Å². The Labute approximate surface area is 157 Å². The minimum atomic E-state index is -3.53. The smallest absolute Gasteiger partial charge is 0.408 e. The lowest BCUT2D eigenvalue weighted by atomic mass is 10.1. The minimum Gasteiger partial charge on any atom is -0.457 e. The van der Waals surface area contributed by atoms with Crippen molar-refractivity contribution in [1.82, 2.24) is 5.32 Å². The number of carbonyl (C=O) groups is 2. The number of carbonyl (C=O) groups excluding carboxylic acids is 2. The zero-order chi connectivity index (χ0) is 19.9. The standard InChI is InChI=1S/C17H24NO8P/c1-3-24-27(22,25-4-2)11-13-15(19)14(16(20)26-13)18-17(21)23-10-12-8-6-5-7-9-12/h5-9,13-15,19H,3-4,10-11H2,1-2H3,(H,18,21)/t13-,14-,15+/m1/s1. The lowest BCUT2D eigenvalue weighted by Gasteiger charge is -2.21. The summed E-state index contributed by atoms with van der Waals surface area (Å²) in [4.78, 5) is 23.9. The summed E-state index contributed by atoms with van der Waals surface area (Å²) >= 11 is 0. The van der Waals surface area contributed by atoms with Gasteiger partial charge in [0, 0.05) is 0 Å². The summed E-state index contributed by atoms with van der Waals surface area (Å²) in [6.07, 6.45) is -3.71. The molecule has 2 rings (SSSR count). The molecule has 1 aliphatic heterocycles. The second kappa shape index (κ2) is 9.85. The Bertz CT molecular complexity index is 673. The third-order valence-electron chi connectivity index (χ3n) is 3.79. The van der Waals surface area contributed by atoms with E-state index in [1.54, 1.807) is 38.1 Å². The van der Waals surface area contributed by atoms with Gasteiger partial charge in [-0.1, -0.05) is 30.3 Å². The first-order chi connectivity index (χ1) is 12.9. The fraction of sp³-hybridized carbons (Fsp3) is 0.529. The molecule has 3 atom stereocenters. The van der Waals surface area contributed by atoms with E-state index in [2.05, 4.69) is 5.32 Å². The maximum atomic E-state index is 12.6. The molecule has 1 saturated heterocycles. The molecular formula is C17H24NO8P. The highest BCUT2D eigenvalue weighted by atomic mass is 31.2. The van der Waals surface area contributed by atoms with Crippen molar-refractivity contribution < 1.29 is 37.8 Å². The molecule has 0 spiro atoms. The number of hydrogen-bond acceptors (Lipinski definition) is 8. The average molecular weight is 401 g/mol. The summed E-state index contributed by atoms with van der Waals surface area (Å²) in [7, 11) is -3.53. The Morgan fingerprint density at radius 3 is 2.44 bits per heavy atom. The SMILES string of the molecule is CCOP(=O)(C[C@H]1OC(=O)[C@H](NC(=O)OCc2ccccc2)[C@H]1O)OCC. The van der Waals surface area contributed by atoms with Crippen LogP contribution >= 0.6 is 7.60 Å². The molecule has 150 valence electrons. The van der Waals surface area contributed by atoms with E-state index in [-0.39, 0.29) is 26.0 Å². The molecule has 0 bridgehead atoms. The van der Waals surface area contributed by atoms with Crippen molar-refractivity contribution in [3.05, 3.63) is 35.9 Å². The van der Waals surface area contributed by atoms with Crippen LogP contribution in [0.25, 0.3) is 0 Å². The summed E-state index contributed by atoms with van der Waals surface area (Å²) < 4.78 is 32.9. The van der Waals surface area contributed by atoms with Crippen LogP contribution in [0, 0.1) is 0 Å². The average Bonchev–Trinajstić information content (AvgIpc) is 2.88. The summed E-state index contributed by atoms with van der Waals surface area (Å²) in [5.41, 5.74) is 0.773. The zero-order valence-electron chi connectivity index (χ0n) is 15.2. The highest BCUT2D eigenvalue weighted by molar-refractivity contribution is 7.53. The molecule has 1 heterocycles. The van der Waals surface area contributed by atoms with Gasteiger partial charge in [0.1, 0.15) is 18.8 Å². The highest BCUT2D eigenvalue weighted by Gasteiger charge is 2.48. The van der Waals surface area contributed by atoms with Gasteiger partial charge in [0.25, 0.3) is 0 Å². The molecule has 10 heteroatoms. The van der Waals surface area contributed by atoms with E-state index in [9.17, 15) is 19.3 Å². The maximum absolute atomic E-state index is 12.6. The van der Waals surface area contributed by atoms with Crippen LogP contribution < -0.4 is 5.32 Å². The van der Waals surface area contributed by atoms with Gasteiger partial charge >= 0.3 is 19.7 Å². The van der Waals surface area contributed by atoms with Crippen LogP contribution in [0.1, 0.15) is 19.4 Å². The summed E-state index contributed by atoms with van der Waals surface area (Å²) in [6.45, 7) is 3.59. The fourth-order valence-corrected chi connectivity index (χ4v) is 4.39. The quantitative estimate of drug-likeness (QED) is 0.475. The van der Waals surface area contributed by atoms with E-state index >= 15 is 0 Å². The molecule has 1 fully saturated rings. The van der Waals surface area contributed by atoms with E-state index in [1.807, 2.05) is 6.07 Å². The molecule has 0 unspecified atom stereocenters. The van der Waals surface area contributed by atoms with Crippen molar-refractivity contribution in [2.75, 3.05) is 19.4 Å². The predicted octanol–water partition coefficient (Wildman–Crippen LogP) is 1.83. The number of aliphatic hydroxyl groups excluding tert-OH is 1. The van der Waals surface area contributed by atoms with Crippen molar-refractivity contribution in [3.63, 3.8) is 0 Å². The molecular weight excluding hydrogens is 377 g/mol. The Hall–Kier alpha value is -1.93. The summed E-state index contributed by atoms with van der Waals surface area (Å²) in [5.74, 6) is -0.844. The van der Waals surface area contributed by atoms with E-state index in [0.717, 1.165) is 5.56 Å². The molecule has 0 saturated carbocycles. The number of aliphatic hydroxyl groups is 1. The first kappa shape index (κ1) is 21.4. The first-order valence-corrected chi connectivity index (χ1v) is 10.3. The molecule has 9 nitrogen and oxygen atoms in total. The molecule has 0 aliphatic carbocycles. The Balaban J connectivity index is 1.91. The molecule has 2 N–H and O–H groups in total. The molecule has 0 aromatic heterocycles. The van der Waals surface area contributed by atoms with Crippen molar-refractivity contribution in [1.29, 1.82) is 0 Å². The number of ether oxygens (including phenoxy) is 2. The largest absolute Gasteiger partial charge is 0.457 e. The summed E-state index contributed by atoms with van der Waals surface area (Å²) in [5, 5.41) is 12.6. The lowest BCUT2D eigenvalue weighted by Crippen LogP contribution is -2.46. The van der Waals surface area contributed by atoms with Crippen LogP contribution in [-0.2, 0) is 34.5 Å². The molecule has 0 radical (unpaired) electrons. The van der Waals surface area contributed by atoms with Gasteiger partial charge in [-0.3, -0.25) is 4.57 Å². The number of alkyl carbamates (subject to hydrolysis) is 1. The molecule has 27 heavy (non-hydrogen) atoms. The van der Waals surface area contributed by atoms with Crippen molar-refractivity contribution in [2.24, 2.45) is 0 Å². The van der Waals surface area contributed by atoms with Gasteiger partial charge in [0.15, 0.2) is 6.04 Å². The monoisotopic (exact) mass is 401 g/mol. The number of nitrogens with one attached hydrogen (secondary N) is 1. The van der Waals surface area contributed by atoms with E-state index in [1.165, 1.54) is 0 Å². The van der Waals surface area contributed by atoms with E-state index < -0.39 is 37.9 Å². The number of amides is 1. The summed E-state index contributed by atoms with van der Waals surface area (Å²) in [6, 6.07) is 7.66.